The van der Waals surface area contributed by atoms with Gasteiger partial charge >= 0.3 is 6.18 Å². The zero-order valence-corrected chi connectivity index (χ0v) is 14.9. The zero-order chi connectivity index (χ0) is 18.9. The number of amides is 1. The van der Waals surface area contributed by atoms with Crippen LogP contribution >= 0.6 is 0 Å². The molecule has 26 heavy (non-hydrogen) atoms. The molecule has 2 aromatic heterocycles. The summed E-state index contributed by atoms with van der Waals surface area (Å²) in [7, 11) is 0. The zero-order valence-electron chi connectivity index (χ0n) is 14.9. The minimum atomic E-state index is -4.51. The molecule has 0 aromatic carbocycles. The predicted octanol–water partition coefficient (Wildman–Crippen LogP) is 4.38. The van der Waals surface area contributed by atoms with Crippen molar-refractivity contribution in [2.75, 3.05) is 0 Å². The molecule has 2 aromatic rings. The summed E-state index contributed by atoms with van der Waals surface area (Å²) in [6, 6.07) is 1.35. The second-order valence-corrected chi connectivity index (χ2v) is 8.48. The third kappa shape index (κ3) is 2.59. The monoisotopic (exact) mass is 365 g/mol. The lowest BCUT2D eigenvalue weighted by Gasteiger charge is -2.39. The quantitative estimate of drug-likeness (QED) is 0.830. The van der Waals surface area contributed by atoms with E-state index in [4.69, 9.17) is 0 Å². The van der Waals surface area contributed by atoms with Crippen molar-refractivity contribution >= 4 is 16.8 Å². The lowest BCUT2D eigenvalue weighted by atomic mass is 9.70. The van der Waals surface area contributed by atoms with E-state index in [1.807, 2.05) is 0 Å². The van der Waals surface area contributed by atoms with Gasteiger partial charge in [0.05, 0.1) is 17.3 Å². The van der Waals surface area contributed by atoms with Crippen LogP contribution in [0.2, 0.25) is 0 Å². The molecule has 2 N–H and O–H groups in total. The summed E-state index contributed by atoms with van der Waals surface area (Å²) in [6.07, 6.45) is -0.231. The molecule has 0 saturated heterocycles. The molecule has 1 unspecified atom stereocenters. The van der Waals surface area contributed by atoms with Gasteiger partial charge in [-0.1, -0.05) is 20.8 Å². The van der Waals surface area contributed by atoms with Crippen molar-refractivity contribution in [2.45, 2.75) is 45.8 Å². The average molecular weight is 365 g/mol. The molecule has 2 aliphatic carbocycles. The molecule has 2 bridgehead atoms. The van der Waals surface area contributed by atoms with Gasteiger partial charge in [-0.25, -0.2) is 0 Å². The molecule has 140 valence electrons. The van der Waals surface area contributed by atoms with E-state index in [1.165, 1.54) is 12.3 Å². The van der Waals surface area contributed by atoms with E-state index in [0.29, 0.717) is 23.2 Å². The highest BCUT2D eigenvalue weighted by Crippen LogP contribution is 2.58. The Labute approximate surface area is 149 Å². The van der Waals surface area contributed by atoms with Crippen LogP contribution in [0.25, 0.3) is 10.9 Å². The Morgan fingerprint density at radius 1 is 1.35 bits per heavy atom. The number of aromatic nitrogens is 2. The highest BCUT2D eigenvalue weighted by Gasteiger charge is 2.54. The van der Waals surface area contributed by atoms with E-state index in [2.05, 4.69) is 36.1 Å². The maximum Gasteiger partial charge on any atom is 0.418 e. The maximum atomic E-state index is 13.1. The van der Waals surface area contributed by atoms with Crippen LogP contribution in [0.1, 0.15) is 49.7 Å². The fourth-order valence-electron chi connectivity index (χ4n) is 5.31. The summed E-state index contributed by atoms with van der Waals surface area (Å²) in [6.45, 7) is 6.71. The lowest BCUT2D eigenvalue weighted by molar-refractivity contribution is -0.136. The maximum absolute atomic E-state index is 13.1. The minimum Gasteiger partial charge on any atom is -0.349 e. The SMILES string of the molecule is C[C@@H]1[C@@H](NC(=O)c2cc3c(C(F)(F)F)cncc3[nH]2)C2C[C@@H]1C(C)(C)C2. The van der Waals surface area contributed by atoms with Crippen LogP contribution in [0.4, 0.5) is 13.2 Å². The van der Waals surface area contributed by atoms with Crippen molar-refractivity contribution < 1.29 is 18.0 Å². The summed E-state index contributed by atoms with van der Waals surface area (Å²) in [4.78, 5) is 19.1. The highest BCUT2D eigenvalue weighted by molar-refractivity contribution is 5.98. The Morgan fingerprint density at radius 2 is 2.08 bits per heavy atom. The molecule has 2 heterocycles. The van der Waals surface area contributed by atoms with Gasteiger partial charge < -0.3 is 10.3 Å². The number of carbonyl (C=O) groups excluding carboxylic acids is 1. The van der Waals surface area contributed by atoms with E-state index < -0.39 is 11.7 Å². The van der Waals surface area contributed by atoms with Gasteiger partial charge in [-0.3, -0.25) is 9.78 Å². The standard InChI is InChI=1S/C19H22F3N3O/c1-9-12-4-10(6-18(12,2)3)16(9)25-17(26)14-5-11-13(19(20,21)22)7-23-8-15(11)24-14/h5,7-10,12,16,24H,4,6H2,1-3H3,(H,25,26)/t9-,10?,12-,16+/m0/s1. The van der Waals surface area contributed by atoms with Crippen molar-refractivity contribution in [3.05, 3.63) is 29.7 Å². The molecule has 4 rings (SSSR count). The molecule has 2 aliphatic rings. The number of nitrogens with one attached hydrogen (secondary N) is 2. The Hall–Kier alpha value is -2.05. The van der Waals surface area contributed by atoms with Gasteiger partial charge in [0.15, 0.2) is 0 Å². The van der Waals surface area contributed by atoms with Crippen molar-refractivity contribution in [2.24, 2.45) is 23.2 Å². The minimum absolute atomic E-state index is 0.0280. The molecular formula is C19H22F3N3O. The van der Waals surface area contributed by atoms with Crippen LogP contribution in [-0.4, -0.2) is 21.9 Å². The van der Waals surface area contributed by atoms with Crippen LogP contribution in [-0.2, 0) is 6.18 Å². The Morgan fingerprint density at radius 3 is 2.69 bits per heavy atom. The van der Waals surface area contributed by atoms with Gasteiger partial charge in [-0.05, 0) is 42.1 Å². The molecule has 2 saturated carbocycles. The average Bonchev–Trinajstić information content (AvgIpc) is 3.18. The fourth-order valence-corrected chi connectivity index (χ4v) is 5.31. The molecule has 0 aliphatic heterocycles. The first-order valence-electron chi connectivity index (χ1n) is 8.93. The number of H-pyrrole nitrogens is 1. The number of aromatic amines is 1. The van der Waals surface area contributed by atoms with Gasteiger partial charge in [0, 0.05) is 17.6 Å². The first kappa shape index (κ1) is 17.4. The summed E-state index contributed by atoms with van der Waals surface area (Å²) in [5.74, 6) is 1.02. The number of alkyl halides is 3. The summed E-state index contributed by atoms with van der Waals surface area (Å²) in [5.41, 5.74) is -0.181. The van der Waals surface area contributed by atoms with Gasteiger partial charge in [0.1, 0.15) is 5.69 Å². The van der Waals surface area contributed by atoms with Gasteiger partial charge in [-0.15, -0.1) is 0 Å². The number of nitrogens with zero attached hydrogens (tertiary/aromatic N) is 1. The van der Waals surface area contributed by atoms with Crippen LogP contribution in [0, 0.1) is 23.2 Å². The first-order valence-corrected chi connectivity index (χ1v) is 8.93. The fraction of sp³-hybridized carbons (Fsp3) is 0.579. The molecule has 4 atom stereocenters. The van der Waals surface area contributed by atoms with E-state index >= 15 is 0 Å². The number of carbonyl (C=O) groups is 1. The largest absolute Gasteiger partial charge is 0.418 e. The molecule has 4 nitrogen and oxygen atoms in total. The van der Waals surface area contributed by atoms with Crippen molar-refractivity contribution in [3.8, 4) is 0 Å². The highest BCUT2D eigenvalue weighted by atomic mass is 19.4. The van der Waals surface area contributed by atoms with Crippen LogP contribution < -0.4 is 5.32 Å². The van der Waals surface area contributed by atoms with Gasteiger partial charge in [0.2, 0.25) is 0 Å². The topological polar surface area (TPSA) is 57.8 Å². The number of hydrogen-bond donors (Lipinski definition) is 2. The van der Waals surface area contributed by atoms with E-state index in [0.717, 1.165) is 19.0 Å². The summed E-state index contributed by atoms with van der Waals surface area (Å²) in [5, 5.41) is 3.03. The van der Waals surface area contributed by atoms with Gasteiger partial charge in [-0.2, -0.15) is 13.2 Å². The van der Waals surface area contributed by atoms with Crippen molar-refractivity contribution in [1.29, 1.82) is 0 Å². The third-order valence-electron chi connectivity index (χ3n) is 6.45. The number of rotatable bonds is 2. The van der Waals surface area contributed by atoms with Crippen LogP contribution in [0.15, 0.2) is 18.5 Å². The number of hydrogen-bond acceptors (Lipinski definition) is 2. The first-order chi connectivity index (χ1) is 12.1. The Balaban J connectivity index is 1.58. The van der Waals surface area contributed by atoms with Crippen LogP contribution in [0.5, 0.6) is 0 Å². The Kier molecular flexibility index (Phi) is 3.66. The predicted molar refractivity (Wildman–Crippen MR) is 91.5 cm³/mol. The Bertz CT molecular complexity index is 869. The smallest absolute Gasteiger partial charge is 0.349 e. The van der Waals surface area contributed by atoms with E-state index in [9.17, 15) is 18.0 Å². The molecule has 7 heteroatoms. The molecule has 0 radical (unpaired) electrons. The molecule has 2 fully saturated rings. The molecule has 1 amide bonds. The lowest BCUT2D eigenvalue weighted by Crippen LogP contribution is -2.46. The van der Waals surface area contributed by atoms with Crippen molar-refractivity contribution in [1.82, 2.24) is 15.3 Å². The number of halogens is 3. The van der Waals surface area contributed by atoms with Crippen molar-refractivity contribution in [3.63, 3.8) is 0 Å². The van der Waals surface area contributed by atoms with E-state index in [1.54, 1.807) is 0 Å². The molecular weight excluding hydrogens is 343 g/mol. The van der Waals surface area contributed by atoms with Gasteiger partial charge in [0.25, 0.3) is 5.91 Å². The number of pyridine rings is 1. The second kappa shape index (κ2) is 5.47. The summed E-state index contributed by atoms with van der Waals surface area (Å²) >= 11 is 0. The van der Waals surface area contributed by atoms with E-state index in [-0.39, 0.29) is 28.5 Å². The molecule has 0 spiro atoms. The second-order valence-electron chi connectivity index (χ2n) is 8.48. The number of fused-ring (bicyclic) bond motifs is 3. The third-order valence-corrected chi connectivity index (χ3v) is 6.45. The normalized spacial score (nSPS) is 30.1. The summed E-state index contributed by atoms with van der Waals surface area (Å²) < 4.78 is 39.4. The van der Waals surface area contributed by atoms with Crippen LogP contribution in [0.3, 0.4) is 0 Å².